The van der Waals surface area contributed by atoms with Gasteiger partial charge in [0.1, 0.15) is 5.75 Å². The third-order valence-electron chi connectivity index (χ3n) is 3.26. The maximum absolute atomic E-state index is 12.2. The number of ether oxygens (including phenoxy) is 2. The second-order valence-electron chi connectivity index (χ2n) is 4.97. The third-order valence-corrected chi connectivity index (χ3v) is 3.26. The molecule has 0 aliphatic rings. The number of hydrogen-bond donors (Lipinski definition) is 0. The van der Waals surface area contributed by atoms with Crippen molar-refractivity contribution in [2.24, 2.45) is 0 Å². The van der Waals surface area contributed by atoms with Gasteiger partial charge in [-0.3, -0.25) is 9.59 Å². The fourth-order valence-electron chi connectivity index (χ4n) is 2.02. The largest absolute Gasteiger partial charge is 0.484 e. The van der Waals surface area contributed by atoms with Gasteiger partial charge in [-0.05, 0) is 31.0 Å². The van der Waals surface area contributed by atoms with Gasteiger partial charge in [0.2, 0.25) is 0 Å². The van der Waals surface area contributed by atoms with Crippen molar-refractivity contribution in [1.82, 2.24) is 4.90 Å². The Labute approximate surface area is 137 Å². The van der Waals surface area contributed by atoms with Crippen molar-refractivity contribution in [3.63, 3.8) is 0 Å². The molecule has 23 heavy (non-hydrogen) atoms. The van der Waals surface area contributed by atoms with E-state index in [4.69, 9.17) is 9.47 Å². The second-order valence-corrected chi connectivity index (χ2v) is 4.97. The summed E-state index contributed by atoms with van der Waals surface area (Å²) in [6.07, 6.45) is 2.70. The molecule has 0 spiro atoms. The predicted molar refractivity (Wildman–Crippen MR) is 89.3 cm³/mol. The topological polar surface area (TPSA) is 55.8 Å². The molecular weight excluding hydrogens is 294 g/mol. The molecule has 0 bridgehead atoms. The second kappa shape index (κ2) is 10.4. The molecule has 1 aromatic carbocycles. The summed E-state index contributed by atoms with van der Waals surface area (Å²) in [6.45, 7) is 8.39. The van der Waals surface area contributed by atoms with E-state index in [9.17, 15) is 9.59 Å². The van der Waals surface area contributed by atoms with Crippen LogP contribution in [0.15, 0.2) is 36.9 Å². The molecule has 0 saturated carbocycles. The highest BCUT2D eigenvalue weighted by Gasteiger charge is 2.15. The highest BCUT2D eigenvalue weighted by molar-refractivity contribution is 5.78. The smallest absolute Gasteiger partial charge is 0.307 e. The Hall–Kier alpha value is -2.30. The Bertz CT molecular complexity index is 528. The third kappa shape index (κ3) is 7.00. The van der Waals surface area contributed by atoms with Gasteiger partial charge in [0.05, 0.1) is 13.0 Å². The molecule has 0 radical (unpaired) electrons. The number of carbonyl (C=O) groups is 2. The van der Waals surface area contributed by atoms with Crippen LogP contribution in [0.4, 0.5) is 0 Å². The fourth-order valence-corrected chi connectivity index (χ4v) is 2.02. The van der Waals surface area contributed by atoms with Gasteiger partial charge in [-0.15, -0.1) is 6.58 Å². The summed E-state index contributed by atoms with van der Waals surface area (Å²) in [5, 5.41) is 0. The van der Waals surface area contributed by atoms with Gasteiger partial charge in [0.25, 0.3) is 5.91 Å². The zero-order chi connectivity index (χ0) is 17.1. The van der Waals surface area contributed by atoms with E-state index >= 15 is 0 Å². The van der Waals surface area contributed by atoms with Crippen molar-refractivity contribution >= 4 is 11.9 Å². The molecule has 0 heterocycles. The van der Waals surface area contributed by atoms with Crippen LogP contribution in [0.3, 0.4) is 0 Å². The summed E-state index contributed by atoms with van der Waals surface area (Å²) in [7, 11) is 0. The Morgan fingerprint density at radius 2 is 2.09 bits per heavy atom. The molecule has 1 amide bonds. The van der Waals surface area contributed by atoms with Gasteiger partial charge in [-0.2, -0.15) is 0 Å². The van der Waals surface area contributed by atoms with Gasteiger partial charge < -0.3 is 14.4 Å². The number of benzene rings is 1. The van der Waals surface area contributed by atoms with Gasteiger partial charge in [-0.25, -0.2) is 0 Å². The maximum atomic E-state index is 12.2. The van der Waals surface area contributed by atoms with Crippen LogP contribution in [-0.2, 0) is 20.7 Å². The number of aryl methyl sites for hydroxylation is 1. The average Bonchev–Trinajstić information content (AvgIpc) is 2.57. The van der Waals surface area contributed by atoms with E-state index < -0.39 is 0 Å². The summed E-state index contributed by atoms with van der Waals surface area (Å²) in [5.74, 6) is 0.170. The molecule has 0 aliphatic heterocycles. The monoisotopic (exact) mass is 319 g/mol. The van der Waals surface area contributed by atoms with Crippen molar-refractivity contribution in [3.05, 3.63) is 42.5 Å². The zero-order valence-electron chi connectivity index (χ0n) is 13.9. The van der Waals surface area contributed by atoms with Crippen molar-refractivity contribution < 1.29 is 19.1 Å². The highest BCUT2D eigenvalue weighted by Crippen LogP contribution is 2.13. The van der Waals surface area contributed by atoms with E-state index in [1.807, 2.05) is 24.3 Å². The predicted octanol–water partition coefficient (Wildman–Crippen LogP) is 2.60. The summed E-state index contributed by atoms with van der Waals surface area (Å²) in [4.78, 5) is 25.2. The molecule has 0 fully saturated rings. The molecule has 0 aliphatic carbocycles. The van der Waals surface area contributed by atoms with Crippen LogP contribution < -0.4 is 4.74 Å². The lowest BCUT2D eigenvalue weighted by Gasteiger charge is -2.21. The van der Waals surface area contributed by atoms with Crippen LogP contribution in [0.25, 0.3) is 0 Å². The quantitative estimate of drug-likeness (QED) is 0.491. The first kappa shape index (κ1) is 18.7. The lowest BCUT2D eigenvalue weighted by Crippen LogP contribution is -2.36. The van der Waals surface area contributed by atoms with Crippen LogP contribution in [0, 0.1) is 0 Å². The van der Waals surface area contributed by atoms with Crippen molar-refractivity contribution in [1.29, 1.82) is 0 Å². The molecule has 0 aromatic heterocycles. The van der Waals surface area contributed by atoms with Crippen molar-refractivity contribution in [3.8, 4) is 5.75 Å². The van der Waals surface area contributed by atoms with E-state index in [0.717, 1.165) is 12.0 Å². The molecule has 0 unspecified atom stereocenters. The van der Waals surface area contributed by atoms with Gasteiger partial charge >= 0.3 is 5.97 Å². The first-order chi connectivity index (χ1) is 11.1. The zero-order valence-corrected chi connectivity index (χ0v) is 13.9. The summed E-state index contributed by atoms with van der Waals surface area (Å²) in [6, 6.07) is 7.66. The Morgan fingerprint density at radius 3 is 2.74 bits per heavy atom. The molecule has 0 saturated heterocycles. The average molecular weight is 319 g/mol. The van der Waals surface area contributed by atoms with Gasteiger partial charge in [0.15, 0.2) is 6.61 Å². The molecule has 1 aromatic rings. The number of rotatable bonds is 10. The number of nitrogens with zero attached hydrogens (tertiary/aromatic N) is 1. The molecular formula is C18H25NO4. The summed E-state index contributed by atoms with van der Waals surface area (Å²) < 4.78 is 10.4. The molecule has 5 nitrogen and oxygen atoms in total. The molecule has 126 valence electrons. The Morgan fingerprint density at radius 1 is 1.30 bits per heavy atom. The van der Waals surface area contributed by atoms with E-state index in [-0.39, 0.29) is 24.9 Å². The minimum absolute atomic E-state index is 0.0656. The fraction of sp³-hybridized carbons (Fsp3) is 0.444. The standard InChI is InChI=1S/C18H25NO4/c1-4-11-19(12-10-18(21)22-6-3)17(20)14-23-16-9-7-8-15(5-2)13-16/h4,7-9,13H,1,5-6,10-12,14H2,2-3H3. The summed E-state index contributed by atoms with van der Waals surface area (Å²) >= 11 is 0. The van der Waals surface area contributed by atoms with E-state index in [0.29, 0.717) is 25.4 Å². The number of amides is 1. The number of carbonyl (C=O) groups excluding carboxylic acids is 2. The minimum atomic E-state index is -0.314. The SMILES string of the molecule is C=CCN(CCC(=O)OCC)C(=O)COc1cccc(CC)c1. The van der Waals surface area contributed by atoms with Crippen LogP contribution in [0.2, 0.25) is 0 Å². The minimum Gasteiger partial charge on any atom is -0.484 e. The highest BCUT2D eigenvalue weighted by atomic mass is 16.5. The van der Waals surface area contributed by atoms with E-state index in [1.165, 1.54) is 4.90 Å². The summed E-state index contributed by atoms with van der Waals surface area (Å²) in [5.41, 5.74) is 1.15. The lowest BCUT2D eigenvalue weighted by molar-refractivity contribution is -0.144. The van der Waals surface area contributed by atoms with Crippen molar-refractivity contribution in [2.45, 2.75) is 26.7 Å². The Balaban J connectivity index is 2.52. The van der Waals surface area contributed by atoms with E-state index in [2.05, 4.69) is 13.5 Å². The van der Waals surface area contributed by atoms with Crippen LogP contribution in [-0.4, -0.2) is 43.1 Å². The first-order valence-corrected chi connectivity index (χ1v) is 7.86. The van der Waals surface area contributed by atoms with Crippen molar-refractivity contribution in [2.75, 3.05) is 26.3 Å². The Kier molecular flexibility index (Phi) is 8.50. The van der Waals surface area contributed by atoms with Crippen LogP contribution >= 0.6 is 0 Å². The van der Waals surface area contributed by atoms with E-state index in [1.54, 1.807) is 13.0 Å². The van der Waals surface area contributed by atoms with Crippen LogP contribution in [0.5, 0.6) is 5.75 Å². The lowest BCUT2D eigenvalue weighted by atomic mass is 10.2. The molecule has 1 rings (SSSR count). The number of esters is 1. The molecule has 0 N–H and O–H groups in total. The van der Waals surface area contributed by atoms with Gasteiger partial charge in [0, 0.05) is 13.1 Å². The molecule has 5 heteroatoms. The van der Waals surface area contributed by atoms with Crippen LogP contribution in [0.1, 0.15) is 25.8 Å². The first-order valence-electron chi connectivity index (χ1n) is 7.86. The normalized spacial score (nSPS) is 10.0. The van der Waals surface area contributed by atoms with Gasteiger partial charge in [-0.1, -0.05) is 25.1 Å². The number of hydrogen-bond acceptors (Lipinski definition) is 4. The molecule has 0 atom stereocenters. The maximum Gasteiger partial charge on any atom is 0.307 e.